The lowest BCUT2D eigenvalue weighted by molar-refractivity contribution is 0.0623. The summed E-state index contributed by atoms with van der Waals surface area (Å²) in [6.07, 6.45) is 4.61. The first-order valence-corrected chi connectivity index (χ1v) is 10.2. The Morgan fingerprint density at radius 2 is 1.86 bits per heavy atom. The van der Waals surface area contributed by atoms with Crippen molar-refractivity contribution < 1.29 is 4.79 Å². The molecule has 2 saturated heterocycles. The molecule has 2 fully saturated rings. The number of rotatable bonds is 3. The molecule has 2 N–H and O–H groups in total. The highest BCUT2D eigenvalue weighted by molar-refractivity contribution is 8.16. The van der Waals surface area contributed by atoms with E-state index in [4.69, 9.17) is 5.73 Å². The number of carbonyl (C=O) groups excluding carboxylic acids is 1. The molecule has 0 saturated carbocycles. The third-order valence-corrected chi connectivity index (χ3v) is 7.43. The molecule has 2 heterocycles. The van der Waals surface area contributed by atoms with E-state index in [2.05, 4.69) is 12.1 Å². The van der Waals surface area contributed by atoms with Gasteiger partial charge in [-0.2, -0.15) is 0 Å². The van der Waals surface area contributed by atoms with Crippen LogP contribution in [0.2, 0.25) is 0 Å². The Labute approximate surface area is 141 Å². The molecule has 0 spiro atoms. The summed E-state index contributed by atoms with van der Waals surface area (Å²) >= 11 is 4.03. The van der Waals surface area contributed by atoms with E-state index in [-0.39, 0.29) is 11.9 Å². The highest BCUT2D eigenvalue weighted by atomic mass is 32.2. The predicted molar refractivity (Wildman–Crippen MR) is 96.4 cm³/mol. The van der Waals surface area contributed by atoms with E-state index in [1.807, 2.05) is 40.6 Å². The third-order valence-electron chi connectivity index (χ3n) is 4.42. The SMILES string of the molecule is NCC1CCCCN1C(=O)c1ccc(C2SCCCS2)cc1. The Morgan fingerprint density at radius 3 is 2.55 bits per heavy atom. The number of carbonyl (C=O) groups is 1. The molecular weight excluding hydrogens is 312 g/mol. The van der Waals surface area contributed by atoms with Crippen LogP contribution in [0.5, 0.6) is 0 Å². The zero-order valence-electron chi connectivity index (χ0n) is 12.9. The third kappa shape index (κ3) is 3.63. The van der Waals surface area contributed by atoms with Crippen molar-refractivity contribution in [2.45, 2.75) is 36.3 Å². The number of amides is 1. The largest absolute Gasteiger partial charge is 0.334 e. The zero-order chi connectivity index (χ0) is 15.4. The van der Waals surface area contributed by atoms with Crippen molar-refractivity contribution in [1.29, 1.82) is 0 Å². The molecule has 120 valence electrons. The number of likely N-dealkylation sites (tertiary alicyclic amines) is 1. The van der Waals surface area contributed by atoms with E-state index in [0.29, 0.717) is 11.1 Å². The summed E-state index contributed by atoms with van der Waals surface area (Å²) in [5.41, 5.74) is 7.97. The van der Waals surface area contributed by atoms with Crippen molar-refractivity contribution in [3.8, 4) is 0 Å². The van der Waals surface area contributed by atoms with E-state index in [9.17, 15) is 4.79 Å². The molecule has 0 bridgehead atoms. The molecule has 22 heavy (non-hydrogen) atoms. The van der Waals surface area contributed by atoms with Gasteiger partial charge in [-0.15, -0.1) is 23.5 Å². The summed E-state index contributed by atoms with van der Waals surface area (Å²) < 4.78 is 0.532. The molecule has 1 atom stereocenters. The number of thioether (sulfide) groups is 2. The van der Waals surface area contributed by atoms with Crippen molar-refractivity contribution >= 4 is 29.4 Å². The molecule has 0 radical (unpaired) electrons. The normalized spacial score (nSPS) is 23.5. The van der Waals surface area contributed by atoms with Crippen LogP contribution in [-0.2, 0) is 0 Å². The van der Waals surface area contributed by atoms with Gasteiger partial charge in [-0.3, -0.25) is 4.79 Å². The van der Waals surface area contributed by atoms with Gasteiger partial charge in [0.15, 0.2) is 0 Å². The first kappa shape index (κ1) is 16.2. The van der Waals surface area contributed by atoms with Crippen LogP contribution in [0.1, 0.15) is 46.2 Å². The van der Waals surface area contributed by atoms with Crippen molar-refractivity contribution in [1.82, 2.24) is 4.90 Å². The summed E-state index contributed by atoms with van der Waals surface area (Å²) in [7, 11) is 0. The lowest BCUT2D eigenvalue weighted by atomic mass is 10.0. The Morgan fingerprint density at radius 1 is 1.14 bits per heavy atom. The van der Waals surface area contributed by atoms with E-state index >= 15 is 0 Å². The molecule has 1 aromatic carbocycles. The topological polar surface area (TPSA) is 46.3 Å². The number of benzene rings is 1. The lowest BCUT2D eigenvalue weighted by Crippen LogP contribution is -2.47. The second-order valence-electron chi connectivity index (χ2n) is 5.93. The second kappa shape index (κ2) is 7.75. The minimum Gasteiger partial charge on any atom is -0.334 e. The highest BCUT2D eigenvalue weighted by Gasteiger charge is 2.26. The van der Waals surface area contributed by atoms with Crippen LogP contribution in [0.3, 0.4) is 0 Å². The van der Waals surface area contributed by atoms with E-state index in [0.717, 1.165) is 24.9 Å². The fourth-order valence-electron chi connectivity index (χ4n) is 3.14. The number of hydrogen-bond acceptors (Lipinski definition) is 4. The number of nitrogens with two attached hydrogens (primary N) is 1. The van der Waals surface area contributed by atoms with E-state index < -0.39 is 0 Å². The summed E-state index contributed by atoms with van der Waals surface area (Å²) in [6, 6.07) is 8.46. The number of nitrogens with zero attached hydrogens (tertiary/aromatic N) is 1. The highest BCUT2D eigenvalue weighted by Crippen LogP contribution is 2.43. The number of piperidine rings is 1. The fraction of sp³-hybridized carbons (Fsp3) is 0.588. The fourth-order valence-corrected chi connectivity index (χ4v) is 6.04. The van der Waals surface area contributed by atoms with Gasteiger partial charge in [0.2, 0.25) is 0 Å². The summed E-state index contributed by atoms with van der Waals surface area (Å²) in [4.78, 5) is 14.7. The smallest absolute Gasteiger partial charge is 0.254 e. The van der Waals surface area contributed by atoms with Gasteiger partial charge in [0.25, 0.3) is 5.91 Å². The molecule has 1 unspecified atom stereocenters. The average Bonchev–Trinajstić information content (AvgIpc) is 2.62. The Balaban J connectivity index is 1.70. The molecule has 1 amide bonds. The lowest BCUT2D eigenvalue weighted by Gasteiger charge is -2.35. The van der Waals surface area contributed by atoms with Crippen LogP contribution >= 0.6 is 23.5 Å². The van der Waals surface area contributed by atoms with Crippen molar-refractivity contribution in [2.24, 2.45) is 5.73 Å². The van der Waals surface area contributed by atoms with Crippen molar-refractivity contribution in [2.75, 3.05) is 24.6 Å². The molecular formula is C17H24N2OS2. The van der Waals surface area contributed by atoms with Crippen molar-refractivity contribution in [3.63, 3.8) is 0 Å². The average molecular weight is 337 g/mol. The quantitative estimate of drug-likeness (QED) is 0.917. The van der Waals surface area contributed by atoms with Crippen LogP contribution in [0.25, 0.3) is 0 Å². The molecule has 3 nitrogen and oxygen atoms in total. The number of hydrogen-bond donors (Lipinski definition) is 1. The van der Waals surface area contributed by atoms with Crippen LogP contribution in [0.4, 0.5) is 0 Å². The molecule has 5 heteroatoms. The van der Waals surface area contributed by atoms with Gasteiger partial charge >= 0.3 is 0 Å². The molecule has 1 aromatic rings. The molecule has 0 aliphatic carbocycles. The van der Waals surface area contributed by atoms with Gasteiger partial charge in [0.1, 0.15) is 0 Å². The van der Waals surface area contributed by atoms with Crippen LogP contribution in [-0.4, -0.2) is 41.4 Å². The Kier molecular flexibility index (Phi) is 5.71. The minimum atomic E-state index is 0.144. The van der Waals surface area contributed by atoms with E-state index in [1.165, 1.54) is 29.9 Å². The predicted octanol–water partition coefficient (Wildman–Crippen LogP) is 3.51. The standard InChI is InChI=1S/C17H24N2OS2/c18-12-15-4-1-2-9-19(15)16(20)13-5-7-14(8-6-13)17-21-10-3-11-22-17/h5-8,15,17H,1-4,9-12,18H2. The maximum Gasteiger partial charge on any atom is 0.254 e. The minimum absolute atomic E-state index is 0.144. The maximum absolute atomic E-state index is 12.7. The van der Waals surface area contributed by atoms with Gasteiger partial charge in [-0.1, -0.05) is 12.1 Å². The van der Waals surface area contributed by atoms with Crippen LogP contribution in [0.15, 0.2) is 24.3 Å². The first-order chi connectivity index (χ1) is 10.8. The van der Waals surface area contributed by atoms with Crippen LogP contribution in [0, 0.1) is 0 Å². The van der Waals surface area contributed by atoms with Crippen molar-refractivity contribution in [3.05, 3.63) is 35.4 Å². The molecule has 2 aliphatic heterocycles. The van der Waals surface area contributed by atoms with E-state index in [1.54, 1.807) is 0 Å². The second-order valence-corrected chi connectivity index (χ2v) is 8.66. The molecule has 0 aromatic heterocycles. The monoisotopic (exact) mass is 336 g/mol. The maximum atomic E-state index is 12.7. The summed E-state index contributed by atoms with van der Waals surface area (Å²) in [6.45, 7) is 1.41. The first-order valence-electron chi connectivity index (χ1n) is 8.14. The molecule has 2 aliphatic rings. The van der Waals surface area contributed by atoms with Gasteiger partial charge in [0.05, 0.1) is 4.58 Å². The van der Waals surface area contributed by atoms with Gasteiger partial charge in [-0.25, -0.2) is 0 Å². The van der Waals surface area contributed by atoms with Gasteiger partial charge in [-0.05, 0) is 54.9 Å². The zero-order valence-corrected chi connectivity index (χ0v) is 14.5. The van der Waals surface area contributed by atoms with Gasteiger partial charge < -0.3 is 10.6 Å². The molecule has 3 rings (SSSR count). The van der Waals surface area contributed by atoms with Crippen LogP contribution < -0.4 is 5.73 Å². The Hall–Kier alpha value is -0.650. The van der Waals surface area contributed by atoms with Gasteiger partial charge in [0, 0.05) is 24.7 Å². The summed E-state index contributed by atoms with van der Waals surface area (Å²) in [5.74, 6) is 2.62. The summed E-state index contributed by atoms with van der Waals surface area (Å²) in [5, 5.41) is 0. The Bertz CT molecular complexity index is 500.